The predicted octanol–water partition coefficient (Wildman–Crippen LogP) is 5.25. The number of nitrogens with zero attached hydrogens (tertiary/aromatic N) is 3. The van der Waals surface area contributed by atoms with Crippen LogP contribution < -0.4 is 14.2 Å². The van der Waals surface area contributed by atoms with E-state index in [-0.39, 0.29) is 18.2 Å². The second-order valence-electron chi connectivity index (χ2n) is 8.82. The van der Waals surface area contributed by atoms with E-state index >= 15 is 0 Å². The van der Waals surface area contributed by atoms with Gasteiger partial charge in [-0.2, -0.15) is 0 Å². The van der Waals surface area contributed by atoms with Crippen LogP contribution in [0.3, 0.4) is 0 Å². The molecule has 0 radical (unpaired) electrons. The molecule has 6 rings (SSSR count). The van der Waals surface area contributed by atoms with Crippen molar-refractivity contribution in [1.82, 2.24) is 0 Å². The standard InChI is InChI=1S/C28H25N3O3P/c32-27-20-26(28(33)31(27)25-17-9-11-21-10-7-8-16-24(21)25)35(34)29(22-12-3-1-4-13-22)18-19-30(35)23-14-5-2-6-15-23/h1-17,26,34H,18-20H2/q+1. The van der Waals surface area contributed by atoms with Crippen LogP contribution in [0.1, 0.15) is 6.42 Å². The van der Waals surface area contributed by atoms with Crippen LogP contribution >= 0.6 is 7.79 Å². The molecule has 0 bridgehead atoms. The molecule has 7 heteroatoms. The molecule has 0 aliphatic carbocycles. The van der Waals surface area contributed by atoms with Crippen molar-refractivity contribution in [3.8, 4) is 0 Å². The lowest BCUT2D eigenvalue weighted by atomic mass is 10.1. The highest BCUT2D eigenvalue weighted by Gasteiger charge is 2.68. The van der Waals surface area contributed by atoms with Gasteiger partial charge in [0, 0.05) is 5.39 Å². The molecule has 6 nitrogen and oxygen atoms in total. The summed E-state index contributed by atoms with van der Waals surface area (Å²) in [5, 5.41) is 1.80. The first-order valence-corrected chi connectivity index (χ1v) is 13.4. The van der Waals surface area contributed by atoms with Crippen molar-refractivity contribution in [3.05, 3.63) is 103 Å². The third kappa shape index (κ3) is 3.41. The fourth-order valence-electron chi connectivity index (χ4n) is 5.29. The van der Waals surface area contributed by atoms with E-state index in [2.05, 4.69) is 0 Å². The van der Waals surface area contributed by atoms with Crippen molar-refractivity contribution < 1.29 is 14.5 Å². The lowest BCUT2D eigenvalue weighted by Crippen LogP contribution is -2.39. The van der Waals surface area contributed by atoms with Gasteiger partial charge in [0.05, 0.1) is 36.6 Å². The van der Waals surface area contributed by atoms with E-state index in [4.69, 9.17) is 0 Å². The number of para-hydroxylation sites is 2. The van der Waals surface area contributed by atoms with Crippen molar-refractivity contribution in [3.63, 3.8) is 0 Å². The molecule has 1 unspecified atom stereocenters. The summed E-state index contributed by atoms with van der Waals surface area (Å²) in [4.78, 5) is 41.3. The second kappa shape index (κ2) is 8.49. The van der Waals surface area contributed by atoms with E-state index in [1.807, 2.05) is 112 Å². The molecular weight excluding hydrogens is 457 g/mol. The largest absolute Gasteiger partial charge is 0.344 e. The molecule has 4 aromatic carbocycles. The number of hydrogen-bond acceptors (Lipinski definition) is 5. The zero-order valence-corrected chi connectivity index (χ0v) is 20.0. The Balaban J connectivity index is 1.46. The normalized spacial score (nSPS) is 19.7. The molecule has 0 aromatic heterocycles. The second-order valence-corrected chi connectivity index (χ2v) is 11.6. The minimum absolute atomic E-state index is 0.0288. The molecule has 2 heterocycles. The Morgan fingerprint density at radius 3 is 1.86 bits per heavy atom. The monoisotopic (exact) mass is 482 g/mol. The smallest absolute Gasteiger partial charge is 0.274 e. The SMILES string of the molecule is O=C1CC([P+]2(O)N(c3ccccc3)CCN2c2ccccc2)C(=O)N1c1cccc2ccccc12. The molecule has 2 aliphatic rings. The van der Waals surface area contributed by atoms with E-state index in [9.17, 15) is 14.5 Å². The van der Waals surface area contributed by atoms with Gasteiger partial charge in [-0.25, -0.2) is 19.1 Å². The van der Waals surface area contributed by atoms with Crippen molar-refractivity contribution in [2.24, 2.45) is 0 Å². The van der Waals surface area contributed by atoms with Gasteiger partial charge in [-0.15, -0.1) is 0 Å². The van der Waals surface area contributed by atoms with Gasteiger partial charge in [-0.1, -0.05) is 72.8 Å². The molecule has 0 spiro atoms. The zero-order chi connectivity index (χ0) is 24.0. The zero-order valence-electron chi connectivity index (χ0n) is 19.1. The lowest BCUT2D eigenvalue weighted by molar-refractivity contribution is -0.121. The topological polar surface area (TPSA) is 64.1 Å². The van der Waals surface area contributed by atoms with Crippen LogP contribution in [0, 0.1) is 0 Å². The number of benzene rings is 4. The van der Waals surface area contributed by atoms with Crippen molar-refractivity contribution in [1.29, 1.82) is 0 Å². The van der Waals surface area contributed by atoms with E-state index in [1.165, 1.54) is 4.90 Å². The number of rotatable bonds is 4. The van der Waals surface area contributed by atoms with Crippen LogP contribution in [0.4, 0.5) is 17.1 Å². The molecule has 2 aliphatic heterocycles. The molecule has 174 valence electrons. The van der Waals surface area contributed by atoms with Crippen LogP contribution in [-0.4, -0.2) is 35.5 Å². The highest BCUT2D eigenvalue weighted by atomic mass is 31.2. The van der Waals surface area contributed by atoms with E-state index in [0.717, 1.165) is 22.1 Å². The van der Waals surface area contributed by atoms with Gasteiger partial charge >= 0.3 is 7.79 Å². The molecule has 2 saturated heterocycles. The summed E-state index contributed by atoms with van der Waals surface area (Å²) in [5.41, 5.74) is 1.43. The highest BCUT2D eigenvalue weighted by molar-refractivity contribution is 7.75. The average Bonchev–Trinajstić information content (AvgIpc) is 3.41. The van der Waals surface area contributed by atoms with Crippen molar-refractivity contribution >= 4 is 47.4 Å². The Bertz CT molecular complexity index is 1360. The molecule has 1 atom stereocenters. The van der Waals surface area contributed by atoms with E-state index in [1.54, 1.807) is 0 Å². The lowest BCUT2D eigenvalue weighted by Gasteiger charge is -2.34. The molecular formula is C28H25N3O3P+. The summed E-state index contributed by atoms with van der Waals surface area (Å²) < 4.78 is 3.92. The first-order chi connectivity index (χ1) is 17.1. The summed E-state index contributed by atoms with van der Waals surface area (Å²) in [6.45, 7) is 1.13. The number of carbonyl (C=O) groups is 2. The summed E-state index contributed by atoms with van der Waals surface area (Å²) >= 11 is 0. The fraction of sp³-hybridized carbons (Fsp3) is 0.143. The molecule has 0 saturated carbocycles. The van der Waals surface area contributed by atoms with Gasteiger partial charge in [-0.3, -0.25) is 9.59 Å². The number of fused-ring (bicyclic) bond motifs is 1. The van der Waals surface area contributed by atoms with Gasteiger partial charge in [0.2, 0.25) is 11.6 Å². The maximum atomic E-state index is 14.0. The Morgan fingerprint density at radius 1 is 0.686 bits per heavy atom. The van der Waals surface area contributed by atoms with Crippen molar-refractivity contribution in [2.45, 2.75) is 12.1 Å². The summed E-state index contributed by atoms with van der Waals surface area (Å²) in [5.74, 6) is -0.622. The van der Waals surface area contributed by atoms with Gasteiger partial charge in [0.1, 0.15) is 0 Å². The Hall–Kier alpha value is -3.73. The average molecular weight is 483 g/mol. The van der Waals surface area contributed by atoms with Gasteiger partial charge in [0.25, 0.3) is 5.91 Å². The predicted molar refractivity (Wildman–Crippen MR) is 142 cm³/mol. The van der Waals surface area contributed by atoms with Crippen molar-refractivity contribution in [2.75, 3.05) is 27.3 Å². The molecule has 2 amide bonds. The number of hydrogen-bond donors (Lipinski definition) is 1. The minimum atomic E-state index is -3.29. The number of imide groups is 1. The fourth-order valence-corrected chi connectivity index (χ4v) is 8.75. The third-order valence-corrected chi connectivity index (χ3v) is 10.4. The Kier molecular flexibility index (Phi) is 5.28. The highest BCUT2D eigenvalue weighted by Crippen LogP contribution is 2.71. The first-order valence-electron chi connectivity index (χ1n) is 11.7. The number of carbonyl (C=O) groups excluding carboxylic acids is 2. The Labute approximate surface area is 204 Å². The maximum Gasteiger partial charge on any atom is 0.344 e. The maximum absolute atomic E-state index is 14.0. The summed E-state index contributed by atoms with van der Waals surface area (Å²) in [6, 6.07) is 32.7. The quantitative estimate of drug-likeness (QED) is 0.318. The summed E-state index contributed by atoms with van der Waals surface area (Å²) in [7, 11) is -3.29. The molecule has 4 aromatic rings. The van der Waals surface area contributed by atoms with Crippen LogP contribution in [0.2, 0.25) is 0 Å². The molecule has 2 fully saturated rings. The van der Waals surface area contributed by atoms with E-state index in [0.29, 0.717) is 18.8 Å². The van der Waals surface area contributed by atoms with Gasteiger partial charge < -0.3 is 0 Å². The minimum Gasteiger partial charge on any atom is -0.274 e. The van der Waals surface area contributed by atoms with Gasteiger partial charge in [-0.05, 0) is 35.7 Å². The van der Waals surface area contributed by atoms with Crippen LogP contribution in [0.25, 0.3) is 10.8 Å². The number of anilines is 3. The third-order valence-electron chi connectivity index (χ3n) is 6.89. The van der Waals surface area contributed by atoms with E-state index < -0.39 is 13.4 Å². The van der Waals surface area contributed by atoms with Crippen LogP contribution in [0.15, 0.2) is 103 Å². The molecule has 35 heavy (non-hydrogen) atoms. The number of amides is 2. The first kappa shape index (κ1) is 21.8. The van der Waals surface area contributed by atoms with Gasteiger partial charge in [0.15, 0.2) is 0 Å². The molecule has 1 N–H and O–H groups in total. The van der Waals surface area contributed by atoms with Crippen LogP contribution in [0.5, 0.6) is 0 Å². The van der Waals surface area contributed by atoms with Crippen LogP contribution in [-0.2, 0) is 9.59 Å². The summed E-state index contributed by atoms with van der Waals surface area (Å²) in [6.07, 6.45) is -0.0288. The Morgan fingerprint density at radius 2 is 1.23 bits per heavy atom.